The van der Waals surface area contributed by atoms with Gasteiger partial charge >= 0.3 is 0 Å². The molecule has 0 saturated heterocycles. The van der Waals surface area contributed by atoms with Crippen molar-refractivity contribution in [2.75, 3.05) is 7.11 Å². The van der Waals surface area contributed by atoms with Crippen LogP contribution in [-0.2, 0) is 11.3 Å². The fourth-order valence-electron chi connectivity index (χ4n) is 1.74. The van der Waals surface area contributed by atoms with Gasteiger partial charge in [-0.3, -0.25) is 9.78 Å². The van der Waals surface area contributed by atoms with E-state index in [1.165, 1.54) is 0 Å². The van der Waals surface area contributed by atoms with Gasteiger partial charge in [0.05, 0.1) is 18.8 Å². The molecule has 0 fully saturated rings. The molecule has 5 nitrogen and oxygen atoms in total. The fourth-order valence-corrected chi connectivity index (χ4v) is 1.74. The Labute approximate surface area is 121 Å². The number of carbonyl (C=O) groups is 1. The highest BCUT2D eigenvalue weighted by Gasteiger charge is 2.18. The monoisotopic (exact) mass is 279 g/mol. The molecule has 0 radical (unpaired) electrons. The van der Waals surface area contributed by atoms with Gasteiger partial charge in [-0.15, -0.1) is 0 Å². The van der Waals surface area contributed by atoms with Crippen LogP contribution in [0.5, 0.6) is 5.75 Å². The molecule has 1 atom stereocenters. The second-order valence-electron chi connectivity index (χ2n) is 5.98. The summed E-state index contributed by atoms with van der Waals surface area (Å²) in [5.74, 6) is 0.762. The molecule has 0 saturated carbocycles. The number of aromatic nitrogens is 1. The number of hydrogen-bond donors (Lipinski definition) is 2. The van der Waals surface area contributed by atoms with Crippen LogP contribution in [0.25, 0.3) is 0 Å². The molecule has 0 spiro atoms. The van der Waals surface area contributed by atoms with Crippen molar-refractivity contribution in [3.63, 3.8) is 0 Å². The molecule has 5 heteroatoms. The van der Waals surface area contributed by atoms with Crippen molar-refractivity contribution in [3.8, 4) is 5.75 Å². The third kappa shape index (κ3) is 5.57. The molecule has 20 heavy (non-hydrogen) atoms. The van der Waals surface area contributed by atoms with E-state index in [0.717, 1.165) is 17.1 Å². The van der Waals surface area contributed by atoms with Crippen LogP contribution < -0.4 is 15.4 Å². The molecule has 0 bridgehead atoms. The average molecular weight is 279 g/mol. The number of methoxy groups -OCH3 is 1. The Morgan fingerprint density at radius 2 is 2.05 bits per heavy atom. The maximum absolute atomic E-state index is 12.0. The van der Waals surface area contributed by atoms with Crippen LogP contribution >= 0.6 is 0 Å². The lowest BCUT2D eigenvalue weighted by Crippen LogP contribution is -2.49. The second-order valence-corrected chi connectivity index (χ2v) is 5.98. The van der Waals surface area contributed by atoms with Crippen LogP contribution in [0.15, 0.2) is 12.1 Å². The van der Waals surface area contributed by atoms with Crippen LogP contribution in [0.1, 0.15) is 39.1 Å². The van der Waals surface area contributed by atoms with Crippen LogP contribution in [0.2, 0.25) is 0 Å². The van der Waals surface area contributed by atoms with E-state index >= 15 is 0 Å². The van der Waals surface area contributed by atoms with Gasteiger partial charge in [0.25, 0.3) is 0 Å². The number of carbonyl (C=O) groups excluding carboxylic acids is 1. The summed E-state index contributed by atoms with van der Waals surface area (Å²) in [4.78, 5) is 16.4. The summed E-state index contributed by atoms with van der Waals surface area (Å²) in [5, 5.41) is 6.11. The zero-order chi connectivity index (χ0) is 15.3. The summed E-state index contributed by atoms with van der Waals surface area (Å²) < 4.78 is 5.21. The van der Waals surface area contributed by atoms with Crippen LogP contribution in [0.4, 0.5) is 0 Å². The molecule has 112 valence electrons. The predicted octanol–water partition coefficient (Wildman–Crippen LogP) is 1.79. The molecule has 0 aliphatic heterocycles. The zero-order valence-corrected chi connectivity index (χ0v) is 13.2. The minimum Gasteiger partial charge on any atom is -0.497 e. The van der Waals surface area contributed by atoms with E-state index in [2.05, 4.69) is 15.6 Å². The molecule has 1 aromatic rings. The highest BCUT2D eigenvalue weighted by molar-refractivity contribution is 5.81. The molecule has 0 aliphatic carbocycles. The third-order valence-corrected chi connectivity index (χ3v) is 2.70. The van der Waals surface area contributed by atoms with Gasteiger partial charge in [0.1, 0.15) is 5.75 Å². The third-order valence-electron chi connectivity index (χ3n) is 2.70. The number of ether oxygens (including phenoxy) is 1. The van der Waals surface area contributed by atoms with E-state index < -0.39 is 0 Å². The Bertz CT molecular complexity index is 467. The van der Waals surface area contributed by atoms with Crippen molar-refractivity contribution in [2.45, 2.75) is 52.7 Å². The molecule has 1 unspecified atom stereocenters. The van der Waals surface area contributed by atoms with Crippen LogP contribution in [-0.4, -0.2) is 29.6 Å². The lowest BCUT2D eigenvalue weighted by atomic mass is 10.1. The molecule has 1 aromatic heterocycles. The molecular formula is C15H25N3O2. The van der Waals surface area contributed by atoms with Gasteiger partial charge in [-0.2, -0.15) is 0 Å². The van der Waals surface area contributed by atoms with E-state index in [4.69, 9.17) is 4.74 Å². The first-order valence-electron chi connectivity index (χ1n) is 6.78. The molecule has 2 N–H and O–H groups in total. The number of pyridine rings is 1. The van der Waals surface area contributed by atoms with E-state index in [-0.39, 0.29) is 17.5 Å². The Balaban J connectivity index is 2.58. The smallest absolute Gasteiger partial charge is 0.237 e. The van der Waals surface area contributed by atoms with Gasteiger partial charge in [-0.25, -0.2) is 0 Å². The summed E-state index contributed by atoms with van der Waals surface area (Å²) in [6.07, 6.45) is 0. The summed E-state index contributed by atoms with van der Waals surface area (Å²) in [6, 6.07) is 3.47. The first kappa shape index (κ1) is 16.4. The van der Waals surface area contributed by atoms with Crippen molar-refractivity contribution in [3.05, 3.63) is 23.5 Å². The lowest BCUT2D eigenvalue weighted by Gasteiger charge is -2.23. The summed E-state index contributed by atoms with van der Waals surface area (Å²) in [6.45, 7) is 10.2. The number of nitrogens with one attached hydrogen (secondary N) is 2. The van der Waals surface area contributed by atoms with Gasteiger partial charge in [-0.1, -0.05) is 0 Å². The maximum Gasteiger partial charge on any atom is 0.237 e. The summed E-state index contributed by atoms with van der Waals surface area (Å²) in [5.41, 5.74) is 1.53. The topological polar surface area (TPSA) is 63.2 Å². The quantitative estimate of drug-likeness (QED) is 0.862. The Morgan fingerprint density at radius 1 is 1.40 bits per heavy atom. The predicted molar refractivity (Wildman–Crippen MR) is 79.7 cm³/mol. The second kappa shape index (κ2) is 6.70. The molecule has 0 aromatic carbocycles. The van der Waals surface area contributed by atoms with Crippen LogP contribution in [0, 0.1) is 6.92 Å². The Morgan fingerprint density at radius 3 is 2.60 bits per heavy atom. The molecule has 1 amide bonds. The largest absolute Gasteiger partial charge is 0.497 e. The van der Waals surface area contributed by atoms with E-state index in [0.29, 0.717) is 6.54 Å². The van der Waals surface area contributed by atoms with Crippen molar-refractivity contribution in [2.24, 2.45) is 0 Å². The molecule has 1 heterocycles. The summed E-state index contributed by atoms with van der Waals surface area (Å²) >= 11 is 0. The molecule has 0 aliphatic rings. The minimum atomic E-state index is -0.275. The lowest BCUT2D eigenvalue weighted by molar-refractivity contribution is -0.124. The number of rotatable bonds is 5. The molecule has 1 rings (SSSR count). The minimum absolute atomic E-state index is 0.0166. The van der Waals surface area contributed by atoms with Gasteiger partial charge in [0, 0.05) is 29.9 Å². The van der Waals surface area contributed by atoms with Crippen molar-refractivity contribution < 1.29 is 9.53 Å². The highest BCUT2D eigenvalue weighted by Crippen LogP contribution is 2.13. The maximum atomic E-state index is 12.0. The first-order valence-corrected chi connectivity index (χ1v) is 6.78. The zero-order valence-electron chi connectivity index (χ0n) is 13.2. The SMILES string of the molecule is COc1cc(C)nc(CNC(C)C(=O)NC(C)(C)C)c1. The summed E-state index contributed by atoms with van der Waals surface area (Å²) in [7, 11) is 1.63. The Hall–Kier alpha value is -1.62. The number of aryl methyl sites for hydroxylation is 1. The van der Waals surface area contributed by atoms with E-state index in [1.54, 1.807) is 7.11 Å². The van der Waals surface area contributed by atoms with Crippen molar-refractivity contribution in [1.82, 2.24) is 15.6 Å². The number of nitrogens with zero attached hydrogens (tertiary/aromatic N) is 1. The van der Waals surface area contributed by atoms with Gasteiger partial charge in [-0.05, 0) is 34.6 Å². The normalized spacial score (nSPS) is 12.9. The van der Waals surface area contributed by atoms with Crippen molar-refractivity contribution >= 4 is 5.91 Å². The van der Waals surface area contributed by atoms with Gasteiger partial charge < -0.3 is 15.4 Å². The first-order chi connectivity index (χ1) is 9.21. The van der Waals surface area contributed by atoms with E-state index in [9.17, 15) is 4.79 Å². The Kier molecular flexibility index (Phi) is 5.51. The van der Waals surface area contributed by atoms with Crippen LogP contribution in [0.3, 0.4) is 0 Å². The van der Waals surface area contributed by atoms with Gasteiger partial charge in [0.15, 0.2) is 0 Å². The molecular weight excluding hydrogens is 254 g/mol. The number of amides is 1. The highest BCUT2D eigenvalue weighted by atomic mass is 16.5. The number of hydrogen-bond acceptors (Lipinski definition) is 4. The van der Waals surface area contributed by atoms with Crippen molar-refractivity contribution in [1.29, 1.82) is 0 Å². The van der Waals surface area contributed by atoms with Gasteiger partial charge in [0.2, 0.25) is 5.91 Å². The fraction of sp³-hybridized carbons (Fsp3) is 0.600. The van der Waals surface area contributed by atoms with E-state index in [1.807, 2.05) is 46.8 Å². The average Bonchev–Trinajstić information content (AvgIpc) is 2.33. The standard InChI is InChI=1S/C15H25N3O2/c1-10-7-13(20-6)8-12(17-10)9-16-11(2)14(19)18-15(3,4)5/h7-8,11,16H,9H2,1-6H3,(H,18,19).